The van der Waals surface area contributed by atoms with Crippen molar-refractivity contribution in [3.05, 3.63) is 60.7 Å². The molecule has 0 bridgehead atoms. The third-order valence-electron chi connectivity index (χ3n) is 3.53. The van der Waals surface area contributed by atoms with Crippen molar-refractivity contribution in [1.29, 1.82) is 0 Å². The molecule has 0 spiro atoms. The summed E-state index contributed by atoms with van der Waals surface area (Å²) in [6.45, 7) is 4.11. The van der Waals surface area contributed by atoms with Crippen molar-refractivity contribution in [2.45, 2.75) is 26.4 Å². The number of fused-ring (bicyclic) bond motifs is 1. The first-order chi connectivity index (χ1) is 9.88. The second-order valence-corrected chi connectivity index (χ2v) is 4.95. The molecule has 2 heterocycles. The summed E-state index contributed by atoms with van der Waals surface area (Å²) in [6.07, 6.45) is 7.05. The summed E-state index contributed by atoms with van der Waals surface area (Å²) < 4.78 is 2.30. The van der Waals surface area contributed by atoms with Crippen molar-refractivity contribution in [2.24, 2.45) is 0 Å². The van der Waals surface area contributed by atoms with Crippen LogP contribution in [-0.4, -0.2) is 9.55 Å². The molecule has 3 nitrogen and oxygen atoms in total. The van der Waals surface area contributed by atoms with Crippen LogP contribution in [0, 0.1) is 0 Å². The highest BCUT2D eigenvalue weighted by atomic mass is 15.0. The van der Waals surface area contributed by atoms with Gasteiger partial charge in [0.15, 0.2) is 0 Å². The van der Waals surface area contributed by atoms with Gasteiger partial charge in [-0.1, -0.05) is 19.1 Å². The first-order valence-corrected chi connectivity index (χ1v) is 7.09. The molecule has 2 aromatic heterocycles. The number of hydrogen-bond donors (Lipinski definition) is 1. The van der Waals surface area contributed by atoms with Gasteiger partial charge in [0, 0.05) is 41.9 Å². The van der Waals surface area contributed by atoms with Crippen molar-refractivity contribution < 1.29 is 0 Å². The zero-order valence-electron chi connectivity index (χ0n) is 11.7. The maximum Gasteiger partial charge on any atom is 0.0553 e. The van der Waals surface area contributed by atoms with Crippen LogP contribution in [-0.2, 0) is 13.1 Å². The average molecular weight is 265 g/mol. The van der Waals surface area contributed by atoms with E-state index in [4.69, 9.17) is 0 Å². The van der Waals surface area contributed by atoms with Crippen LogP contribution in [0.2, 0.25) is 0 Å². The summed E-state index contributed by atoms with van der Waals surface area (Å²) in [5.74, 6) is 0. The molecule has 0 saturated heterocycles. The second kappa shape index (κ2) is 5.78. The molecule has 0 aliphatic heterocycles. The number of anilines is 1. The lowest BCUT2D eigenvalue weighted by atomic mass is 10.1. The third-order valence-corrected chi connectivity index (χ3v) is 3.53. The Kier molecular flexibility index (Phi) is 3.68. The van der Waals surface area contributed by atoms with Gasteiger partial charge in [-0.3, -0.25) is 4.98 Å². The SMILES string of the molecule is CCCn1cccc1CNc1cccc2ccncc12. The number of aryl methyl sites for hydroxylation is 1. The number of aromatic nitrogens is 2. The molecular formula is C17H19N3. The van der Waals surface area contributed by atoms with E-state index in [-0.39, 0.29) is 0 Å². The molecule has 3 rings (SSSR count). The van der Waals surface area contributed by atoms with Crippen LogP contribution in [0.4, 0.5) is 5.69 Å². The fourth-order valence-corrected chi connectivity index (χ4v) is 2.52. The highest BCUT2D eigenvalue weighted by Gasteiger charge is 2.03. The Morgan fingerprint density at radius 2 is 2.10 bits per heavy atom. The van der Waals surface area contributed by atoms with E-state index in [0.29, 0.717) is 0 Å². The Balaban J connectivity index is 1.81. The van der Waals surface area contributed by atoms with Crippen molar-refractivity contribution in [3.63, 3.8) is 0 Å². The number of pyridine rings is 1. The van der Waals surface area contributed by atoms with E-state index in [1.54, 1.807) is 0 Å². The van der Waals surface area contributed by atoms with Gasteiger partial charge in [0.1, 0.15) is 0 Å². The molecular weight excluding hydrogens is 246 g/mol. The van der Waals surface area contributed by atoms with E-state index in [1.807, 2.05) is 18.5 Å². The summed E-state index contributed by atoms with van der Waals surface area (Å²) in [5, 5.41) is 5.91. The van der Waals surface area contributed by atoms with Gasteiger partial charge in [0.05, 0.1) is 6.54 Å². The zero-order valence-corrected chi connectivity index (χ0v) is 11.7. The fourth-order valence-electron chi connectivity index (χ4n) is 2.52. The van der Waals surface area contributed by atoms with Gasteiger partial charge >= 0.3 is 0 Å². The maximum atomic E-state index is 4.22. The minimum atomic E-state index is 0.834. The molecule has 0 amide bonds. The predicted octanol–water partition coefficient (Wildman–Crippen LogP) is 4.06. The first kappa shape index (κ1) is 12.7. The van der Waals surface area contributed by atoms with Crippen LogP contribution in [0.25, 0.3) is 10.8 Å². The summed E-state index contributed by atoms with van der Waals surface area (Å²) in [7, 11) is 0. The van der Waals surface area contributed by atoms with Crippen molar-refractivity contribution >= 4 is 16.5 Å². The van der Waals surface area contributed by atoms with Crippen LogP contribution in [0.15, 0.2) is 55.0 Å². The van der Waals surface area contributed by atoms with E-state index in [2.05, 4.69) is 58.3 Å². The first-order valence-electron chi connectivity index (χ1n) is 7.09. The molecule has 20 heavy (non-hydrogen) atoms. The lowest BCUT2D eigenvalue weighted by Gasteiger charge is -2.12. The Morgan fingerprint density at radius 3 is 3.00 bits per heavy atom. The van der Waals surface area contributed by atoms with Crippen molar-refractivity contribution in [2.75, 3.05) is 5.32 Å². The van der Waals surface area contributed by atoms with E-state index in [0.717, 1.165) is 25.2 Å². The summed E-state index contributed by atoms with van der Waals surface area (Å²) in [4.78, 5) is 4.22. The Bertz CT molecular complexity index is 695. The molecule has 0 unspecified atom stereocenters. The lowest BCUT2D eigenvalue weighted by molar-refractivity contribution is 0.654. The Hall–Kier alpha value is -2.29. The van der Waals surface area contributed by atoms with Gasteiger partial charge < -0.3 is 9.88 Å². The molecule has 0 radical (unpaired) electrons. The van der Waals surface area contributed by atoms with Crippen molar-refractivity contribution in [1.82, 2.24) is 9.55 Å². The molecule has 0 saturated carbocycles. The molecule has 3 heteroatoms. The fraction of sp³-hybridized carbons (Fsp3) is 0.235. The minimum absolute atomic E-state index is 0.834. The van der Waals surface area contributed by atoms with Crippen LogP contribution in [0.5, 0.6) is 0 Å². The topological polar surface area (TPSA) is 29.9 Å². The molecule has 102 valence electrons. The van der Waals surface area contributed by atoms with E-state index in [1.165, 1.54) is 16.5 Å². The van der Waals surface area contributed by atoms with Gasteiger partial charge in [-0.15, -0.1) is 0 Å². The highest BCUT2D eigenvalue weighted by Crippen LogP contribution is 2.22. The Labute approximate surface area is 119 Å². The maximum absolute atomic E-state index is 4.22. The van der Waals surface area contributed by atoms with Crippen LogP contribution in [0.1, 0.15) is 19.0 Å². The van der Waals surface area contributed by atoms with E-state index in [9.17, 15) is 0 Å². The van der Waals surface area contributed by atoms with Gasteiger partial charge in [-0.2, -0.15) is 0 Å². The van der Waals surface area contributed by atoms with E-state index < -0.39 is 0 Å². The van der Waals surface area contributed by atoms with E-state index >= 15 is 0 Å². The number of nitrogens with one attached hydrogen (secondary N) is 1. The molecule has 3 aromatic rings. The third kappa shape index (κ3) is 2.52. The van der Waals surface area contributed by atoms with Gasteiger partial charge in [-0.05, 0) is 36.1 Å². The molecule has 1 N–H and O–H groups in total. The summed E-state index contributed by atoms with van der Waals surface area (Å²) >= 11 is 0. The summed E-state index contributed by atoms with van der Waals surface area (Å²) in [5.41, 5.74) is 2.45. The molecule has 0 atom stereocenters. The zero-order chi connectivity index (χ0) is 13.8. The largest absolute Gasteiger partial charge is 0.379 e. The van der Waals surface area contributed by atoms with Crippen LogP contribution >= 0.6 is 0 Å². The minimum Gasteiger partial charge on any atom is -0.379 e. The summed E-state index contributed by atoms with van der Waals surface area (Å²) in [6, 6.07) is 12.6. The molecule has 1 aromatic carbocycles. The average Bonchev–Trinajstić information content (AvgIpc) is 2.93. The van der Waals surface area contributed by atoms with Gasteiger partial charge in [0.2, 0.25) is 0 Å². The monoisotopic (exact) mass is 265 g/mol. The number of hydrogen-bond acceptors (Lipinski definition) is 2. The number of benzene rings is 1. The predicted molar refractivity (Wildman–Crippen MR) is 83.8 cm³/mol. The van der Waals surface area contributed by atoms with Crippen LogP contribution in [0.3, 0.4) is 0 Å². The smallest absolute Gasteiger partial charge is 0.0553 e. The standard InChI is InChI=1S/C17H19N3/c1-2-10-20-11-4-6-15(20)12-19-17-7-3-5-14-8-9-18-13-16(14)17/h3-9,11,13,19H,2,10,12H2,1H3. The van der Waals surface area contributed by atoms with Crippen molar-refractivity contribution in [3.8, 4) is 0 Å². The second-order valence-electron chi connectivity index (χ2n) is 4.95. The number of rotatable bonds is 5. The van der Waals surface area contributed by atoms with Gasteiger partial charge in [-0.25, -0.2) is 0 Å². The lowest BCUT2D eigenvalue weighted by Crippen LogP contribution is -2.07. The Morgan fingerprint density at radius 1 is 1.15 bits per heavy atom. The normalized spacial score (nSPS) is 10.8. The number of nitrogens with zero attached hydrogens (tertiary/aromatic N) is 2. The highest BCUT2D eigenvalue weighted by molar-refractivity contribution is 5.92. The van der Waals surface area contributed by atoms with Crippen LogP contribution < -0.4 is 5.32 Å². The molecule has 0 aliphatic carbocycles. The molecule has 0 fully saturated rings. The molecule has 0 aliphatic rings. The quantitative estimate of drug-likeness (QED) is 0.754. The van der Waals surface area contributed by atoms with Gasteiger partial charge in [0.25, 0.3) is 0 Å².